The van der Waals surface area contributed by atoms with Crippen molar-refractivity contribution in [3.05, 3.63) is 53.9 Å². The van der Waals surface area contributed by atoms with Gasteiger partial charge in [-0.3, -0.25) is 0 Å². The van der Waals surface area contributed by atoms with E-state index < -0.39 is 21.8 Å². The van der Waals surface area contributed by atoms with Gasteiger partial charge in [-0.1, -0.05) is 0 Å². The molecule has 1 aromatic carbocycles. The van der Waals surface area contributed by atoms with Crippen molar-refractivity contribution < 1.29 is 21.6 Å². The van der Waals surface area contributed by atoms with Crippen LogP contribution in [0.25, 0.3) is 0 Å². The molecule has 0 amide bonds. The second-order valence-electron chi connectivity index (χ2n) is 5.44. The van der Waals surface area contributed by atoms with Gasteiger partial charge in [-0.15, -0.1) is 0 Å². The number of alkyl halides is 3. The fraction of sp³-hybridized carbons (Fsp3) is 0.333. The smallest absolute Gasteiger partial charge is 0.349 e. The van der Waals surface area contributed by atoms with E-state index in [1.54, 1.807) is 6.92 Å². The minimum atomic E-state index is -4.48. The van der Waals surface area contributed by atoms with Gasteiger partial charge in [-0.05, 0) is 43.3 Å². The fourth-order valence-electron chi connectivity index (χ4n) is 2.84. The highest BCUT2D eigenvalue weighted by Gasteiger charge is 2.35. The van der Waals surface area contributed by atoms with Gasteiger partial charge in [0.2, 0.25) is 10.0 Å². The predicted octanol–water partition coefficient (Wildman–Crippen LogP) is 3.27. The summed E-state index contributed by atoms with van der Waals surface area (Å²) in [6.45, 7) is 2.57. The zero-order valence-corrected chi connectivity index (χ0v) is 13.1. The number of fused-ring (bicyclic) bond motifs is 1. The molecular weight excluding hydrogens is 329 g/mol. The SMILES string of the molecule is CC1c2cccn2CCN1S(=O)(=O)c1ccc(C(F)(F)F)cc1. The van der Waals surface area contributed by atoms with E-state index in [1.807, 2.05) is 22.9 Å². The Morgan fingerprint density at radius 2 is 1.74 bits per heavy atom. The van der Waals surface area contributed by atoms with Crippen molar-refractivity contribution in [3.63, 3.8) is 0 Å². The summed E-state index contributed by atoms with van der Waals surface area (Å²) in [6, 6.07) is 6.94. The summed E-state index contributed by atoms with van der Waals surface area (Å²) in [4.78, 5) is -0.127. The van der Waals surface area contributed by atoms with Gasteiger partial charge in [0.15, 0.2) is 0 Å². The van der Waals surface area contributed by atoms with Crippen LogP contribution in [-0.2, 0) is 22.7 Å². The highest BCUT2D eigenvalue weighted by molar-refractivity contribution is 7.89. The summed E-state index contributed by atoms with van der Waals surface area (Å²) < 4.78 is 66.6. The molecule has 2 aromatic rings. The third-order valence-electron chi connectivity index (χ3n) is 4.07. The summed E-state index contributed by atoms with van der Waals surface area (Å²) in [5.41, 5.74) is 0.00348. The molecule has 2 heterocycles. The van der Waals surface area contributed by atoms with Crippen molar-refractivity contribution in [1.82, 2.24) is 8.87 Å². The number of hydrogen-bond acceptors (Lipinski definition) is 2. The second kappa shape index (κ2) is 5.38. The molecule has 0 N–H and O–H groups in total. The Morgan fingerprint density at radius 1 is 1.09 bits per heavy atom. The first-order valence-electron chi connectivity index (χ1n) is 7.05. The van der Waals surface area contributed by atoms with Crippen LogP contribution in [0.2, 0.25) is 0 Å². The molecule has 0 saturated carbocycles. The number of nitrogens with zero attached hydrogens (tertiary/aromatic N) is 2. The summed E-state index contributed by atoms with van der Waals surface area (Å²) in [7, 11) is -3.84. The van der Waals surface area contributed by atoms with Crippen molar-refractivity contribution in [2.24, 2.45) is 0 Å². The average molecular weight is 344 g/mol. The monoisotopic (exact) mass is 344 g/mol. The van der Waals surface area contributed by atoms with Crippen LogP contribution in [0.1, 0.15) is 24.2 Å². The molecule has 1 unspecified atom stereocenters. The third kappa shape index (κ3) is 2.76. The lowest BCUT2D eigenvalue weighted by atomic mass is 10.2. The quantitative estimate of drug-likeness (QED) is 0.839. The molecule has 23 heavy (non-hydrogen) atoms. The fourth-order valence-corrected chi connectivity index (χ4v) is 4.43. The van der Waals surface area contributed by atoms with Crippen LogP contribution < -0.4 is 0 Å². The number of aromatic nitrogens is 1. The van der Waals surface area contributed by atoms with E-state index in [-0.39, 0.29) is 17.5 Å². The van der Waals surface area contributed by atoms with E-state index in [2.05, 4.69) is 0 Å². The van der Waals surface area contributed by atoms with E-state index >= 15 is 0 Å². The standard InChI is InChI=1S/C15H15F3N2O2S/c1-11-14-3-2-8-19(14)9-10-20(11)23(21,22)13-6-4-12(5-7-13)15(16,17)18/h2-8,11H,9-10H2,1H3. The lowest BCUT2D eigenvalue weighted by Gasteiger charge is -2.33. The molecule has 0 fully saturated rings. The van der Waals surface area contributed by atoms with Crippen molar-refractivity contribution in [2.45, 2.75) is 30.6 Å². The largest absolute Gasteiger partial charge is 0.416 e. The molecule has 0 saturated heterocycles. The van der Waals surface area contributed by atoms with Crippen LogP contribution in [0.5, 0.6) is 0 Å². The van der Waals surface area contributed by atoms with Crippen LogP contribution in [-0.4, -0.2) is 23.8 Å². The average Bonchev–Trinajstić information content (AvgIpc) is 2.96. The first kappa shape index (κ1) is 16.1. The van der Waals surface area contributed by atoms with Crippen molar-refractivity contribution >= 4 is 10.0 Å². The first-order chi connectivity index (χ1) is 10.7. The maximum Gasteiger partial charge on any atom is 0.416 e. The predicted molar refractivity (Wildman–Crippen MR) is 78.2 cm³/mol. The third-order valence-corrected chi connectivity index (χ3v) is 6.06. The summed E-state index contributed by atoms with van der Waals surface area (Å²) in [5.74, 6) is 0. The van der Waals surface area contributed by atoms with Crippen LogP contribution in [0.15, 0.2) is 47.5 Å². The highest BCUT2D eigenvalue weighted by atomic mass is 32.2. The van der Waals surface area contributed by atoms with E-state index in [4.69, 9.17) is 0 Å². The molecule has 0 radical (unpaired) electrons. The topological polar surface area (TPSA) is 42.3 Å². The Kier molecular flexibility index (Phi) is 3.76. The molecule has 4 nitrogen and oxygen atoms in total. The van der Waals surface area contributed by atoms with E-state index in [9.17, 15) is 21.6 Å². The first-order valence-corrected chi connectivity index (χ1v) is 8.49. The Bertz CT molecular complexity index is 810. The van der Waals surface area contributed by atoms with Crippen molar-refractivity contribution in [3.8, 4) is 0 Å². The van der Waals surface area contributed by atoms with Gasteiger partial charge in [-0.25, -0.2) is 8.42 Å². The zero-order chi connectivity index (χ0) is 16.8. The lowest BCUT2D eigenvalue weighted by Crippen LogP contribution is -2.40. The highest BCUT2D eigenvalue weighted by Crippen LogP contribution is 2.33. The van der Waals surface area contributed by atoms with Crippen molar-refractivity contribution in [1.29, 1.82) is 0 Å². The molecular formula is C15H15F3N2O2S. The van der Waals surface area contributed by atoms with Gasteiger partial charge >= 0.3 is 6.18 Å². The summed E-state index contributed by atoms with van der Waals surface area (Å²) in [5, 5.41) is 0. The Hall–Kier alpha value is -1.80. The molecule has 0 spiro atoms. The zero-order valence-electron chi connectivity index (χ0n) is 12.3. The van der Waals surface area contributed by atoms with E-state index in [1.165, 1.54) is 4.31 Å². The molecule has 1 atom stereocenters. The van der Waals surface area contributed by atoms with Crippen LogP contribution >= 0.6 is 0 Å². The van der Waals surface area contributed by atoms with Crippen LogP contribution in [0.4, 0.5) is 13.2 Å². The molecule has 8 heteroatoms. The maximum atomic E-state index is 12.7. The molecule has 1 aliphatic rings. The van der Waals surface area contributed by atoms with Gasteiger partial charge in [0, 0.05) is 25.0 Å². The number of benzene rings is 1. The molecule has 0 bridgehead atoms. The minimum absolute atomic E-state index is 0.127. The van der Waals surface area contributed by atoms with Crippen LogP contribution in [0, 0.1) is 0 Å². The molecule has 0 aliphatic carbocycles. The normalized spacial score (nSPS) is 19.6. The van der Waals surface area contributed by atoms with Crippen molar-refractivity contribution in [2.75, 3.05) is 6.54 Å². The number of hydrogen-bond donors (Lipinski definition) is 0. The van der Waals surface area contributed by atoms with E-state index in [0.29, 0.717) is 6.54 Å². The summed E-state index contributed by atoms with van der Waals surface area (Å²) in [6.07, 6.45) is -2.60. The van der Waals surface area contributed by atoms with Gasteiger partial charge in [0.05, 0.1) is 16.5 Å². The van der Waals surface area contributed by atoms with Gasteiger partial charge in [0.1, 0.15) is 0 Å². The Balaban J connectivity index is 1.93. The second-order valence-corrected chi connectivity index (χ2v) is 7.33. The molecule has 3 rings (SSSR count). The number of sulfonamides is 1. The molecule has 1 aromatic heterocycles. The van der Waals surface area contributed by atoms with Gasteiger partial charge in [0.25, 0.3) is 0 Å². The Labute approximate surface area is 132 Å². The maximum absolute atomic E-state index is 12.7. The lowest BCUT2D eigenvalue weighted by molar-refractivity contribution is -0.137. The van der Waals surface area contributed by atoms with Gasteiger partial charge < -0.3 is 4.57 Å². The minimum Gasteiger partial charge on any atom is -0.349 e. The number of halogens is 3. The van der Waals surface area contributed by atoms with Crippen LogP contribution in [0.3, 0.4) is 0 Å². The summed E-state index contributed by atoms with van der Waals surface area (Å²) >= 11 is 0. The number of rotatable bonds is 2. The molecule has 124 valence electrons. The Morgan fingerprint density at radius 3 is 2.35 bits per heavy atom. The van der Waals surface area contributed by atoms with Gasteiger partial charge in [-0.2, -0.15) is 17.5 Å². The van der Waals surface area contributed by atoms with E-state index in [0.717, 1.165) is 30.0 Å². The molecule has 1 aliphatic heterocycles.